The van der Waals surface area contributed by atoms with Crippen LogP contribution in [0.5, 0.6) is 0 Å². The molecule has 3 nitrogen and oxygen atoms in total. The smallest absolute Gasteiger partial charge is 0.175 e. The fourth-order valence-electron chi connectivity index (χ4n) is 2.56. The molecule has 3 rings (SSSR count). The Labute approximate surface area is 153 Å². The van der Waals surface area contributed by atoms with Crippen LogP contribution in [0.15, 0.2) is 77.7 Å². The van der Waals surface area contributed by atoms with Crippen LogP contribution in [0.3, 0.4) is 0 Å². The molecule has 0 aliphatic rings. The number of aldehydes is 1. The van der Waals surface area contributed by atoms with E-state index in [4.69, 9.17) is 0 Å². The quantitative estimate of drug-likeness (QED) is 0.486. The molecule has 3 aromatic rings. The second-order valence-corrected chi connectivity index (χ2v) is 8.05. The van der Waals surface area contributed by atoms with Gasteiger partial charge in [-0.2, -0.15) is 0 Å². The minimum absolute atomic E-state index is 0.319. The van der Waals surface area contributed by atoms with Crippen LogP contribution in [0.25, 0.3) is 23.3 Å². The van der Waals surface area contributed by atoms with E-state index in [0.29, 0.717) is 10.5 Å². The summed E-state index contributed by atoms with van der Waals surface area (Å²) >= 11 is 0. The Morgan fingerprint density at radius 3 is 1.38 bits per heavy atom. The molecule has 0 amide bonds. The van der Waals surface area contributed by atoms with Gasteiger partial charge in [0.05, 0.1) is 4.90 Å². The molecule has 0 unspecified atom stereocenters. The molecule has 0 aliphatic carbocycles. The number of sulfone groups is 1. The molecule has 3 aromatic carbocycles. The van der Waals surface area contributed by atoms with Crippen molar-refractivity contribution in [1.29, 1.82) is 0 Å². The first-order valence-corrected chi connectivity index (χ1v) is 9.99. The van der Waals surface area contributed by atoms with Crippen molar-refractivity contribution in [2.45, 2.75) is 4.90 Å². The first kappa shape index (κ1) is 17.8. The van der Waals surface area contributed by atoms with Crippen molar-refractivity contribution in [2.75, 3.05) is 6.26 Å². The minimum Gasteiger partial charge on any atom is -0.298 e. The molecule has 0 spiro atoms. The molecule has 4 heteroatoms. The second kappa shape index (κ2) is 7.50. The summed E-state index contributed by atoms with van der Waals surface area (Å²) in [5.74, 6) is 0. The summed E-state index contributed by atoms with van der Waals surface area (Å²) < 4.78 is 22.9. The van der Waals surface area contributed by atoms with Crippen molar-refractivity contribution < 1.29 is 13.2 Å². The van der Waals surface area contributed by atoms with Gasteiger partial charge in [0.2, 0.25) is 0 Å². The van der Waals surface area contributed by atoms with Gasteiger partial charge in [0.15, 0.2) is 9.84 Å². The molecule has 0 aromatic heterocycles. The summed E-state index contributed by atoms with van der Waals surface area (Å²) in [6.07, 6.45) is 5.96. The molecular weight excluding hydrogens is 344 g/mol. The lowest BCUT2D eigenvalue weighted by molar-refractivity contribution is 0.112. The molecule has 0 aliphatic heterocycles. The van der Waals surface area contributed by atoms with Crippen LogP contribution in [0.1, 0.15) is 21.5 Å². The topological polar surface area (TPSA) is 51.2 Å². The maximum atomic E-state index is 11.5. The Morgan fingerprint density at radius 2 is 1.00 bits per heavy atom. The van der Waals surface area contributed by atoms with Gasteiger partial charge in [-0.15, -0.1) is 0 Å². The van der Waals surface area contributed by atoms with Crippen LogP contribution in [0.4, 0.5) is 0 Å². The molecule has 0 saturated carbocycles. The molecule has 26 heavy (non-hydrogen) atoms. The van der Waals surface area contributed by atoms with Crippen molar-refractivity contribution in [1.82, 2.24) is 0 Å². The number of hydrogen-bond acceptors (Lipinski definition) is 3. The van der Waals surface area contributed by atoms with Gasteiger partial charge in [0.25, 0.3) is 0 Å². The minimum atomic E-state index is -3.17. The fraction of sp³-hybridized carbons (Fsp3) is 0.0455. The van der Waals surface area contributed by atoms with Gasteiger partial charge in [-0.25, -0.2) is 8.42 Å². The molecule has 0 radical (unpaired) electrons. The van der Waals surface area contributed by atoms with E-state index in [9.17, 15) is 13.2 Å². The molecule has 0 heterocycles. The Balaban J connectivity index is 1.74. The maximum absolute atomic E-state index is 11.5. The van der Waals surface area contributed by atoms with Gasteiger partial charge >= 0.3 is 0 Å². The summed E-state index contributed by atoms with van der Waals surface area (Å²) in [5.41, 5.74) is 4.78. The lowest BCUT2D eigenvalue weighted by Gasteiger charge is -2.03. The predicted molar refractivity (Wildman–Crippen MR) is 106 cm³/mol. The van der Waals surface area contributed by atoms with Crippen molar-refractivity contribution in [2.24, 2.45) is 0 Å². The van der Waals surface area contributed by atoms with Gasteiger partial charge in [-0.1, -0.05) is 72.8 Å². The van der Waals surface area contributed by atoms with E-state index in [1.807, 2.05) is 48.6 Å². The monoisotopic (exact) mass is 362 g/mol. The average Bonchev–Trinajstić information content (AvgIpc) is 2.66. The molecule has 0 atom stereocenters. The lowest BCUT2D eigenvalue weighted by Crippen LogP contribution is -1.95. The molecule has 0 saturated heterocycles. The average molecular weight is 362 g/mol. The van der Waals surface area contributed by atoms with Gasteiger partial charge in [0, 0.05) is 11.8 Å². The van der Waals surface area contributed by atoms with Gasteiger partial charge < -0.3 is 0 Å². The summed E-state index contributed by atoms with van der Waals surface area (Å²) in [6.45, 7) is 0. The number of hydrogen-bond donors (Lipinski definition) is 0. The highest BCUT2D eigenvalue weighted by atomic mass is 32.2. The van der Waals surface area contributed by atoms with E-state index in [1.165, 1.54) is 6.26 Å². The summed E-state index contributed by atoms with van der Waals surface area (Å²) in [4.78, 5) is 11.0. The van der Waals surface area contributed by atoms with Crippen LogP contribution in [-0.2, 0) is 9.84 Å². The fourth-order valence-corrected chi connectivity index (χ4v) is 3.19. The third-order valence-electron chi connectivity index (χ3n) is 4.07. The largest absolute Gasteiger partial charge is 0.298 e. The molecule has 0 fully saturated rings. The van der Waals surface area contributed by atoms with Crippen LogP contribution < -0.4 is 0 Å². The van der Waals surface area contributed by atoms with E-state index >= 15 is 0 Å². The van der Waals surface area contributed by atoms with Crippen molar-refractivity contribution >= 4 is 28.3 Å². The highest BCUT2D eigenvalue weighted by molar-refractivity contribution is 7.90. The Morgan fingerprint density at radius 1 is 0.615 bits per heavy atom. The number of benzene rings is 3. The van der Waals surface area contributed by atoms with Crippen LogP contribution >= 0.6 is 0 Å². The Hall–Kier alpha value is -2.98. The lowest BCUT2D eigenvalue weighted by atomic mass is 10.0. The zero-order chi connectivity index (χ0) is 18.6. The molecule has 0 bridgehead atoms. The van der Waals surface area contributed by atoms with E-state index < -0.39 is 9.84 Å². The van der Waals surface area contributed by atoms with Crippen molar-refractivity contribution in [3.05, 3.63) is 89.5 Å². The summed E-state index contributed by atoms with van der Waals surface area (Å²) in [7, 11) is -3.17. The maximum Gasteiger partial charge on any atom is 0.175 e. The molecule has 130 valence electrons. The van der Waals surface area contributed by atoms with E-state index in [0.717, 1.165) is 28.5 Å². The van der Waals surface area contributed by atoms with Gasteiger partial charge in [0.1, 0.15) is 6.29 Å². The normalized spacial score (nSPS) is 11.6. The predicted octanol–water partition coefficient (Wildman–Crippen LogP) is 4.74. The van der Waals surface area contributed by atoms with Gasteiger partial charge in [-0.05, 0) is 34.4 Å². The van der Waals surface area contributed by atoms with E-state index in [2.05, 4.69) is 0 Å². The highest BCUT2D eigenvalue weighted by Crippen LogP contribution is 2.21. The first-order chi connectivity index (χ1) is 12.5. The second-order valence-electron chi connectivity index (χ2n) is 6.04. The van der Waals surface area contributed by atoms with E-state index in [1.54, 1.807) is 36.4 Å². The Kier molecular flexibility index (Phi) is 5.14. The van der Waals surface area contributed by atoms with Crippen LogP contribution in [0, 0.1) is 0 Å². The third kappa shape index (κ3) is 4.35. The molecular formula is C22H18O3S. The SMILES string of the molecule is CS(=O)(=O)c1ccc(C=Cc2ccc(-c3ccc(C=O)cc3)cc2)cc1. The van der Waals surface area contributed by atoms with Gasteiger partial charge in [-0.3, -0.25) is 4.79 Å². The zero-order valence-electron chi connectivity index (χ0n) is 14.3. The number of carbonyl (C=O) groups excluding carboxylic acids is 1. The first-order valence-electron chi connectivity index (χ1n) is 8.09. The number of carbonyl (C=O) groups is 1. The molecule has 0 N–H and O–H groups in total. The van der Waals surface area contributed by atoms with Crippen molar-refractivity contribution in [3.63, 3.8) is 0 Å². The summed E-state index contributed by atoms with van der Waals surface area (Å²) in [6, 6.07) is 22.4. The third-order valence-corrected chi connectivity index (χ3v) is 5.20. The number of rotatable bonds is 5. The Bertz CT molecular complexity index is 1030. The highest BCUT2D eigenvalue weighted by Gasteiger charge is 2.05. The standard InChI is InChI=1S/C22H18O3S/c1-26(24,25)22-14-8-18(9-15-22)3-2-17-4-10-20(11-5-17)21-12-6-19(16-23)7-13-21/h2-16H,1H3. The van der Waals surface area contributed by atoms with Crippen molar-refractivity contribution in [3.8, 4) is 11.1 Å². The summed E-state index contributed by atoms with van der Waals surface area (Å²) in [5, 5.41) is 0. The van der Waals surface area contributed by atoms with Crippen LogP contribution in [-0.4, -0.2) is 21.0 Å². The van der Waals surface area contributed by atoms with Crippen LogP contribution in [0.2, 0.25) is 0 Å². The van der Waals surface area contributed by atoms with E-state index in [-0.39, 0.29) is 0 Å². The zero-order valence-corrected chi connectivity index (χ0v) is 15.1.